The number of carbonyl (C=O) groups excluding carboxylic acids is 2. The first-order chi connectivity index (χ1) is 12.3. The number of alkyl halides is 3. The average molecular weight is 364 g/mol. The van der Waals surface area contributed by atoms with Crippen LogP contribution in [-0.2, 0) is 17.8 Å². The van der Waals surface area contributed by atoms with Gasteiger partial charge in [-0.15, -0.1) is 0 Å². The number of ketones is 1. The molecule has 0 heterocycles. The third kappa shape index (κ3) is 5.44. The van der Waals surface area contributed by atoms with Crippen molar-refractivity contribution in [2.75, 3.05) is 0 Å². The van der Waals surface area contributed by atoms with Crippen LogP contribution in [0.15, 0.2) is 48.5 Å². The van der Waals surface area contributed by atoms with Crippen molar-refractivity contribution in [1.82, 2.24) is 0 Å². The zero-order valence-electron chi connectivity index (χ0n) is 14.3. The smallest absolute Gasteiger partial charge is 0.454 e. The Hall–Kier alpha value is -2.63. The summed E-state index contributed by atoms with van der Waals surface area (Å²) in [5.74, 6) is -2.60. The Kier molecular flexibility index (Phi) is 6.55. The lowest BCUT2D eigenvalue weighted by Crippen LogP contribution is -2.22. The molecular weight excluding hydrogens is 345 g/mol. The average Bonchev–Trinajstić information content (AvgIpc) is 2.64. The molecule has 0 radical (unpaired) electrons. The molecule has 0 aliphatic carbocycles. The van der Waals surface area contributed by atoms with Gasteiger partial charge in [0, 0.05) is 5.56 Å². The van der Waals surface area contributed by atoms with Crippen LogP contribution in [0.25, 0.3) is 0 Å². The maximum absolute atomic E-state index is 12.4. The van der Waals surface area contributed by atoms with Crippen molar-refractivity contribution < 1.29 is 27.5 Å². The SMILES string of the molecule is CCCCc1ccc(COC(=O)c2ccc(C(=O)C(F)(F)F)cc2)cc1. The summed E-state index contributed by atoms with van der Waals surface area (Å²) in [6, 6.07) is 12.0. The molecule has 0 aromatic heterocycles. The number of halogens is 3. The van der Waals surface area contributed by atoms with Gasteiger partial charge in [-0.1, -0.05) is 49.7 Å². The number of benzene rings is 2. The predicted molar refractivity (Wildman–Crippen MR) is 91.0 cm³/mol. The summed E-state index contributed by atoms with van der Waals surface area (Å²) >= 11 is 0. The minimum atomic E-state index is -4.94. The highest BCUT2D eigenvalue weighted by atomic mass is 19.4. The van der Waals surface area contributed by atoms with E-state index in [1.807, 2.05) is 24.3 Å². The lowest BCUT2D eigenvalue weighted by molar-refractivity contribution is -0.0885. The first kappa shape index (κ1) is 19.7. The highest BCUT2D eigenvalue weighted by molar-refractivity contribution is 6.01. The zero-order valence-corrected chi connectivity index (χ0v) is 14.3. The van der Waals surface area contributed by atoms with Crippen molar-refractivity contribution in [3.8, 4) is 0 Å². The predicted octanol–water partition coefficient (Wildman–Crippen LogP) is 5.13. The molecule has 6 heteroatoms. The summed E-state index contributed by atoms with van der Waals surface area (Å²) in [5.41, 5.74) is 1.61. The van der Waals surface area contributed by atoms with Gasteiger partial charge in [-0.25, -0.2) is 4.79 Å². The van der Waals surface area contributed by atoms with Gasteiger partial charge in [0.15, 0.2) is 0 Å². The summed E-state index contributed by atoms with van der Waals surface area (Å²) < 4.78 is 42.2. The van der Waals surface area contributed by atoms with Crippen LogP contribution in [0.1, 0.15) is 51.6 Å². The van der Waals surface area contributed by atoms with Gasteiger partial charge in [0.25, 0.3) is 5.78 Å². The van der Waals surface area contributed by atoms with Crippen LogP contribution in [0.2, 0.25) is 0 Å². The van der Waals surface area contributed by atoms with Gasteiger partial charge < -0.3 is 4.74 Å². The minimum Gasteiger partial charge on any atom is -0.457 e. The van der Waals surface area contributed by atoms with Crippen LogP contribution in [0.3, 0.4) is 0 Å². The molecule has 0 atom stereocenters. The topological polar surface area (TPSA) is 43.4 Å². The van der Waals surface area contributed by atoms with Crippen LogP contribution in [0.5, 0.6) is 0 Å². The number of unbranched alkanes of at least 4 members (excludes halogenated alkanes) is 1. The second kappa shape index (κ2) is 8.65. The molecule has 0 spiro atoms. The maximum atomic E-state index is 12.4. The molecule has 0 saturated heterocycles. The van der Waals surface area contributed by atoms with Crippen molar-refractivity contribution in [1.29, 1.82) is 0 Å². The van der Waals surface area contributed by atoms with Gasteiger partial charge in [0.1, 0.15) is 6.61 Å². The highest BCUT2D eigenvalue weighted by Crippen LogP contribution is 2.21. The van der Waals surface area contributed by atoms with Crippen molar-refractivity contribution in [2.24, 2.45) is 0 Å². The van der Waals surface area contributed by atoms with Gasteiger partial charge in [0.2, 0.25) is 0 Å². The molecule has 0 fully saturated rings. The Morgan fingerprint density at radius 1 is 0.885 bits per heavy atom. The van der Waals surface area contributed by atoms with Crippen LogP contribution in [0, 0.1) is 0 Å². The molecule has 138 valence electrons. The Labute approximate surface area is 149 Å². The van der Waals surface area contributed by atoms with Crippen LogP contribution in [-0.4, -0.2) is 17.9 Å². The number of rotatable bonds is 7. The van der Waals surface area contributed by atoms with E-state index in [2.05, 4.69) is 6.92 Å². The second-order valence-corrected chi connectivity index (χ2v) is 5.90. The number of Topliss-reactive ketones (excluding diaryl/α,β-unsaturated/α-hetero) is 1. The van der Waals surface area contributed by atoms with E-state index < -0.39 is 23.5 Å². The van der Waals surface area contributed by atoms with Gasteiger partial charge >= 0.3 is 12.1 Å². The number of hydrogen-bond acceptors (Lipinski definition) is 3. The van der Waals surface area contributed by atoms with Gasteiger partial charge in [0.05, 0.1) is 5.56 Å². The molecule has 0 aliphatic heterocycles. The molecule has 0 amide bonds. The molecule has 0 saturated carbocycles. The van der Waals surface area contributed by atoms with E-state index in [0.717, 1.165) is 49.1 Å². The fourth-order valence-corrected chi connectivity index (χ4v) is 2.34. The summed E-state index contributed by atoms with van der Waals surface area (Å²) in [6.07, 6.45) is -1.71. The quantitative estimate of drug-likeness (QED) is 0.505. The Morgan fingerprint density at radius 3 is 1.96 bits per heavy atom. The standard InChI is InChI=1S/C20H19F3O3/c1-2-3-4-14-5-7-15(8-6-14)13-26-19(25)17-11-9-16(10-12-17)18(24)20(21,22)23/h5-12H,2-4,13H2,1H3. The zero-order chi connectivity index (χ0) is 19.2. The Morgan fingerprint density at radius 2 is 1.42 bits per heavy atom. The summed E-state index contributed by atoms with van der Waals surface area (Å²) in [5, 5.41) is 0. The lowest BCUT2D eigenvalue weighted by atomic mass is 10.1. The third-order valence-corrected chi connectivity index (χ3v) is 3.85. The number of ether oxygens (including phenoxy) is 1. The minimum absolute atomic E-state index is 0.0656. The van der Waals surface area contributed by atoms with E-state index in [0.29, 0.717) is 0 Å². The third-order valence-electron chi connectivity index (χ3n) is 3.85. The first-order valence-electron chi connectivity index (χ1n) is 8.27. The Bertz CT molecular complexity index is 747. The largest absolute Gasteiger partial charge is 0.457 e. The maximum Gasteiger partial charge on any atom is 0.454 e. The van der Waals surface area contributed by atoms with Gasteiger partial charge in [-0.3, -0.25) is 4.79 Å². The molecule has 26 heavy (non-hydrogen) atoms. The van der Waals surface area contributed by atoms with Crippen LogP contribution >= 0.6 is 0 Å². The van der Waals surface area contributed by atoms with E-state index in [1.165, 1.54) is 5.56 Å². The van der Waals surface area contributed by atoms with E-state index >= 15 is 0 Å². The van der Waals surface area contributed by atoms with E-state index in [1.54, 1.807) is 0 Å². The lowest BCUT2D eigenvalue weighted by Gasteiger charge is -2.08. The molecular formula is C20H19F3O3. The van der Waals surface area contributed by atoms with E-state index in [4.69, 9.17) is 4.74 Å². The monoisotopic (exact) mass is 364 g/mol. The molecule has 3 nitrogen and oxygen atoms in total. The molecule has 0 unspecified atom stereocenters. The summed E-state index contributed by atoms with van der Waals surface area (Å²) in [6.45, 7) is 2.19. The normalized spacial score (nSPS) is 11.2. The van der Waals surface area contributed by atoms with Crippen molar-refractivity contribution in [3.63, 3.8) is 0 Å². The van der Waals surface area contributed by atoms with Gasteiger partial charge in [-0.05, 0) is 36.1 Å². The number of esters is 1. The van der Waals surface area contributed by atoms with Gasteiger partial charge in [-0.2, -0.15) is 13.2 Å². The fourth-order valence-electron chi connectivity index (χ4n) is 2.34. The van der Waals surface area contributed by atoms with Crippen molar-refractivity contribution in [3.05, 3.63) is 70.8 Å². The van der Waals surface area contributed by atoms with Crippen molar-refractivity contribution >= 4 is 11.8 Å². The molecule has 0 bridgehead atoms. The molecule has 0 aliphatic rings. The highest BCUT2D eigenvalue weighted by Gasteiger charge is 2.39. The molecule has 2 aromatic carbocycles. The van der Waals surface area contributed by atoms with Crippen molar-refractivity contribution in [2.45, 2.75) is 39.0 Å². The molecule has 2 aromatic rings. The summed E-state index contributed by atoms with van der Waals surface area (Å²) in [4.78, 5) is 23.1. The molecule has 0 N–H and O–H groups in total. The summed E-state index contributed by atoms with van der Waals surface area (Å²) in [7, 11) is 0. The fraction of sp³-hybridized carbons (Fsp3) is 0.300. The number of hydrogen-bond donors (Lipinski definition) is 0. The molecule has 2 rings (SSSR count). The van der Waals surface area contributed by atoms with E-state index in [9.17, 15) is 22.8 Å². The van der Waals surface area contributed by atoms with Crippen LogP contribution < -0.4 is 0 Å². The van der Waals surface area contributed by atoms with Crippen LogP contribution in [0.4, 0.5) is 13.2 Å². The number of carbonyl (C=O) groups is 2. The second-order valence-electron chi connectivity index (χ2n) is 5.90. The first-order valence-corrected chi connectivity index (χ1v) is 8.27. The van der Waals surface area contributed by atoms with E-state index in [-0.39, 0.29) is 12.2 Å². The number of aryl methyl sites for hydroxylation is 1. The Balaban J connectivity index is 1.92.